The van der Waals surface area contributed by atoms with E-state index in [0.29, 0.717) is 13.1 Å². The molecule has 1 heterocycles. The number of carbonyl (C=O) groups is 2. The Morgan fingerprint density at radius 3 is 2.19 bits per heavy atom. The highest BCUT2D eigenvalue weighted by Crippen LogP contribution is 2.14. The van der Waals surface area contributed by atoms with Crippen LogP contribution in [0.2, 0.25) is 0 Å². The van der Waals surface area contributed by atoms with Gasteiger partial charge in [-0.3, -0.25) is 9.59 Å². The number of quaternary nitrogens is 1. The van der Waals surface area contributed by atoms with Crippen molar-refractivity contribution in [1.82, 2.24) is 10.2 Å². The molecule has 118 valence electrons. The number of piperazine rings is 1. The van der Waals surface area contributed by atoms with Crippen LogP contribution >= 0.6 is 0 Å². The largest absolute Gasteiger partial charge is 0.333 e. The van der Waals surface area contributed by atoms with Crippen LogP contribution in [0, 0.1) is 17.2 Å². The molecule has 6 nitrogen and oxygen atoms in total. The van der Waals surface area contributed by atoms with E-state index in [1.54, 1.807) is 13.8 Å². The lowest BCUT2D eigenvalue weighted by atomic mass is 9.89. The highest BCUT2D eigenvalue weighted by atomic mass is 16.2. The lowest BCUT2D eigenvalue weighted by Crippen LogP contribution is -3.19. The third-order valence-electron chi connectivity index (χ3n) is 4.63. The molecule has 1 saturated heterocycles. The summed E-state index contributed by atoms with van der Waals surface area (Å²) in [5, 5.41) is 12.1. The van der Waals surface area contributed by atoms with E-state index in [1.807, 2.05) is 25.7 Å². The predicted octanol–water partition coefficient (Wildman–Crippen LogP) is -0.824. The number of rotatable bonds is 4. The SMILES string of the molecule is CC(=O)N1CC[NH+]([C@@H](C)C(=O)N[C@](C)(C#N)C(C)C)CC1. The molecule has 0 aromatic rings. The molecule has 0 aliphatic carbocycles. The zero-order valence-corrected chi connectivity index (χ0v) is 13.7. The molecule has 0 aromatic carbocycles. The number of amides is 2. The van der Waals surface area contributed by atoms with E-state index in [0.717, 1.165) is 18.0 Å². The monoisotopic (exact) mass is 295 g/mol. The van der Waals surface area contributed by atoms with E-state index in [1.165, 1.54) is 0 Å². The zero-order chi connectivity index (χ0) is 16.2. The molecule has 1 aliphatic heterocycles. The predicted molar refractivity (Wildman–Crippen MR) is 79.4 cm³/mol. The Morgan fingerprint density at radius 1 is 1.29 bits per heavy atom. The molecule has 0 aromatic heterocycles. The van der Waals surface area contributed by atoms with Crippen LogP contribution in [0.3, 0.4) is 0 Å². The van der Waals surface area contributed by atoms with Crippen molar-refractivity contribution in [1.29, 1.82) is 5.26 Å². The lowest BCUT2D eigenvalue weighted by Gasteiger charge is -2.36. The third kappa shape index (κ3) is 4.18. The summed E-state index contributed by atoms with van der Waals surface area (Å²) in [6.45, 7) is 11.9. The van der Waals surface area contributed by atoms with E-state index in [2.05, 4.69) is 11.4 Å². The fourth-order valence-corrected chi connectivity index (χ4v) is 2.39. The van der Waals surface area contributed by atoms with Gasteiger partial charge in [-0.1, -0.05) is 13.8 Å². The molecule has 2 amide bonds. The van der Waals surface area contributed by atoms with Crippen LogP contribution in [-0.2, 0) is 9.59 Å². The number of carbonyl (C=O) groups excluding carboxylic acids is 2. The van der Waals surface area contributed by atoms with E-state index in [9.17, 15) is 14.9 Å². The second-order valence-electron chi connectivity index (χ2n) is 6.34. The van der Waals surface area contributed by atoms with Crippen molar-refractivity contribution in [2.24, 2.45) is 5.92 Å². The Kier molecular flexibility index (Phi) is 5.73. The molecule has 0 radical (unpaired) electrons. The first kappa shape index (κ1) is 17.4. The Labute approximate surface area is 127 Å². The van der Waals surface area contributed by atoms with Gasteiger partial charge in [0.15, 0.2) is 6.04 Å². The maximum atomic E-state index is 12.4. The van der Waals surface area contributed by atoms with Crippen LogP contribution in [0.25, 0.3) is 0 Å². The Hall–Kier alpha value is -1.61. The van der Waals surface area contributed by atoms with Gasteiger partial charge in [0, 0.05) is 6.92 Å². The average molecular weight is 295 g/mol. The number of nitrogens with zero attached hydrogens (tertiary/aromatic N) is 2. The summed E-state index contributed by atoms with van der Waals surface area (Å²) in [6.07, 6.45) is 0. The first-order chi connectivity index (χ1) is 9.71. The summed E-state index contributed by atoms with van der Waals surface area (Å²) < 4.78 is 0. The maximum absolute atomic E-state index is 12.4. The van der Waals surface area contributed by atoms with Crippen LogP contribution in [0.1, 0.15) is 34.6 Å². The van der Waals surface area contributed by atoms with Gasteiger partial charge in [-0.25, -0.2) is 0 Å². The fraction of sp³-hybridized carbons (Fsp3) is 0.800. The standard InChI is InChI=1S/C15H26N4O2/c1-11(2)15(5,10-16)17-14(21)12(3)18-6-8-19(9-7-18)13(4)20/h11-12H,6-9H2,1-5H3,(H,17,21)/p+1/t12-,15+/m0/s1. The Balaban J connectivity index is 2.60. The average Bonchev–Trinajstić information content (AvgIpc) is 2.46. The summed E-state index contributed by atoms with van der Waals surface area (Å²) in [7, 11) is 0. The van der Waals surface area contributed by atoms with Gasteiger partial charge in [0.2, 0.25) is 5.91 Å². The van der Waals surface area contributed by atoms with E-state index in [-0.39, 0.29) is 23.8 Å². The van der Waals surface area contributed by atoms with Crippen molar-refractivity contribution in [3.63, 3.8) is 0 Å². The molecule has 21 heavy (non-hydrogen) atoms. The number of nitrogens with one attached hydrogen (secondary N) is 2. The summed E-state index contributed by atoms with van der Waals surface area (Å²) in [6, 6.07) is 1.98. The van der Waals surface area contributed by atoms with Crippen LogP contribution < -0.4 is 10.2 Å². The van der Waals surface area contributed by atoms with E-state index in [4.69, 9.17) is 0 Å². The summed E-state index contributed by atoms with van der Waals surface area (Å²) in [5.74, 6) is 0.0326. The summed E-state index contributed by atoms with van der Waals surface area (Å²) in [5.41, 5.74) is -0.841. The molecule has 6 heteroatoms. The quantitative estimate of drug-likeness (QED) is 0.711. The summed E-state index contributed by atoms with van der Waals surface area (Å²) in [4.78, 5) is 26.7. The fourth-order valence-electron chi connectivity index (χ4n) is 2.39. The first-order valence-corrected chi connectivity index (χ1v) is 7.54. The number of hydrogen-bond acceptors (Lipinski definition) is 3. The minimum atomic E-state index is -0.841. The van der Waals surface area contributed by atoms with Gasteiger partial charge in [-0.05, 0) is 19.8 Å². The second-order valence-corrected chi connectivity index (χ2v) is 6.34. The van der Waals surface area contributed by atoms with Crippen LogP contribution in [0.15, 0.2) is 0 Å². The molecule has 1 fully saturated rings. The van der Waals surface area contributed by atoms with Crippen molar-refractivity contribution in [3.8, 4) is 6.07 Å². The first-order valence-electron chi connectivity index (χ1n) is 7.54. The molecule has 0 bridgehead atoms. The molecule has 1 rings (SSSR count). The van der Waals surface area contributed by atoms with Crippen LogP contribution in [0.5, 0.6) is 0 Å². The minimum absolute atomic E-state index is 0.0446. The van der Waals surface area contributed by atoms with Gasteiger partial charge in [0.05, 0.1) is 32.2 Å². The highest BCUT2D eigenvalue weighted by molar-refractivity contribution is 5.81. The molecule has 0 unspecified atom stereocenters. The van der Waals surface area contributed by atoms with Crippen molar-refractivity contribution in [3.05, 3.63) is 0 Å². The van der Waals surface area contributed by atoms with Gasteiger partial charge in [0.1, 0.15) is 5.54 Å². The molecular weight excluding hydrogens is 268 g/mol. The van der Waals surface area contributed by atoms with E-state index >= 15 is 0 Å². The van der Waals surface area contributed by atoms with Gasteiger partial charge in [0.25, 0.3) is 5.91 Å². The zero-order valence-electron chi connectivity index (χ0n) is 13.7. The third-order valence-corrected chi connectivity index (χ3v) is 4.63. The Bertz CT molecular complexity index is 435. The van der Waals surface area contributed by atoms with Crippen molar-refractivity contribution < 1.29 is 14.5 Å². The molecule has 2 N–H and O–H groups in total. The van der Waals surface area contributed by atoms with Gasteiger partial charge in [-0.15, -0.1) is 0 Å². The molecular formula is C15H27N4O2+. The normalized spacial score (nSPS) is 20.5. The minimum Gasteiger partial charge on any atom is -0.333 e. The highest BCUT2D eigenvalue weighted by Gasteiger charge is 2.36. The van der Waals surface area contributed by atoms with Gasteiger partial charge >= 0.3 is 0 Å². The van der Waals surface area contributed by atoms with Crippen LogP contribution in [-0.4, -0.2) is 54.5 Å². The van der Waals surface area contributed by atoms with Gasteiger partial charge in [-0.2, -0.15) is 5.26 Å². The Morgan fingerprint density at radius 2 is 1.81 bits per heavy atom. The lowest BCUT2D eigenvalue weighted by molar-refractivity contribution is -0.918. The molecule has 0 saturated carbocycles. The van der Waals surface area contributed by atoms with Crippen molar-refractivity contribution in [2.75, 3.05) is 26.2 Å². The number of nitriles is 1. The van der Waals surface area contributed by atoms with Crippen LogP contribution in [0.4, 0.5) is 0 Å². The topological polar surface area (TPSA) is 77.6 Å². The number of hydrogen-bond donors (Lipinski definition) is 2. The summed E-state index contributed by atoms with van der Waals surface area (Å²) >= 11 is 0. The van der Waals surface area contributed by atoms with Crippen molar-refractivity contribution in [2.45, 2.75) is 46.2 Å². The smallest absolute Gasteiger partial charge is 0.279 e. The molecule has 0 spiro atoms. The maximum Gasteiger partial charge on any atom is 0.279 e. The second kappa shape index (κ2) is 6.90. The molecule has 1 aliphatic rings. The van der Waals surface area contributed by atoms with Gasteiger partial charge < -0.3 is 15.1 Å². The molecule has 2 atom stereocenters. The van der Waals surface area contributed by atoms with E-state index < -0.39 is 5.54 Å². The van der Waals surface area contributed by atoms with Crippen molar-refractivity contribution >= 4 is 11.8 Å².